The molecule has 1 N–H and O–H groups in total. The first-order chi connectivity index (χ1) is 14.1. The van der Waals surface area contributed by atoms with Crippen molar-refractivity contribution in [3.05, 3.63) is 53.6 Å². The molecule has 1 aliphatic rings. The highest BCUT2D eigenvalue weighted by Crippen LogP contribution is 2.40. The fraction of sp³-hybridized carbons (Fsp3) is 0.158. The number of aromatic nitrogens is 1. The second kappa shape index (κ2) is 8.46. The Bertz CT molecular complexity index is 1100. The molecule has 0 radical (unpaired) electrons. The van der Waals surface area contributed by atoms with E-state index < -0.39 is 0 Å². The summed E-state index contributed by atoms with van der Waals surface area (Å²) in [5, 5.41) is 33.9. The third kappa shape index (κ3) is 4.47. The lowest BCUT2D eigenvalue weighted by Crippen LogP contribution is -2.18. The van der Waals surface area contributed by atoms with Crippen LogP contribution < -0.4 is 0 Å². The standard InChI is InChI=1S/C19H16ClN7OS/c1-27-16(9-10-21-27)24-25-18-17(12-5-3-2-4-6-12)22-19(29-18)26-23-13-7-8-15(28)14(20)11-13/h2-8,10-11,16,28H,9H2,1H3/b25-24+,26-23+. The summed E-state index contributed by atoms with van der Waals surface area (Å²) in [5.74, 6) is -0.00483. The van der Waals surface area contributed by atoms with Crippen LogP contribution in [0.1, 0.15) is 6.42 Å². The molecule has 1 aliphatic heterocycles. The number of hydrogen-bond acceptors (Lipinski definition) is 9. The number of phenols is 1. The summed E-state index contributed by atoms with van der Waals surface area (Å²) in [7, 11) is 1.86. The zero-order valence-electron chi connectivity index (χ0n) is 15.3. The molecule has 2 heterocycles. The van der Waals surface area contributed by atoms with E-state index in [1.165, 1.54) is 23.5 Å². The van der Waals surface area contributed by atoms with E-state index in [4.69, 9.17) is 11.6 Å². The number of benzene rings is 2. The number of hydrogen-bond donors (Lipinski definition) is 1. The van der Waals surface area contributed by atoms with E-state index in [0.29, 0.717) is 27.9 Å². The van der Waals surface area contributed by atoms with E-state index in [1.54, 1.807) is 11.1 Å². The van der Waals surface area contributed by atoms with Crippen molar-refractivity contribution in [1.82, 2.24) is 9.99 Å². The number of thiazole rings is 1. The van der Waals surface area contributed by atoms with Gasteiger partial charge in [-0.1, -0.05) is 53.3 Å². The van der Waals surface area contributed by atoms with Gasteiger partial charge in [-0.25, -0.2) is 4.98 Å². The quantitative estimate of drug-likeness (QED) is 0.484. The van der Waals surface area contributed by atoms with E-state index in [0.717, 1.165) is 5.56 Å². The molecule has 10 heteroatoms. The number of azo groups is 2. The number of hydrazone groups is 1. The van der Waals surface area contributed by atoms with Crippen LogP contribution in [0.4, 0.5) is 15.8 Å². The minimum atomic E-state index is -0.120. The van der Waals surface area contributed by atoms with Gasteiger partial charge in [-0.15, -0.1) is 15.3 Å². The van der Waals surface area contributed by atoms with Gasteiger partial charge in [-0.3, -0.25) is 5.01 Å². The number of aromatic hydroxyl groups is 1. The summed E-state index contributed by atoms with van der Waals surface area (Å²) in [4.78, 5) is 4.58. The summed E-state index contributed by atoms with van der Waals surface area (Å²) in [5.41, 5.74) is 2.12. The van der Waals surface area contributed by atoms with Crippen LogP contribution in [0, 0.1) is 0 Å². The van der Waals surface area contributed by atoms with Crippen molar-refractivity contribution in [3.63, 3.8) is 0 Å². The number of halogens is 1. The zero-order chi connectivity index (χ0) is 20.2. The number of rotatable bonds is 5. The van der Waals surface area contributed by atoms with Crippen molar-refractivity contribution in [3.8, 4) is 17.0 Å². The summed E-state index contributed by atoms with van der Waals surface area (Å²) < 4.78 is 0. The lowest BCUT2D eigenvalue weighted by Gasteiger charge is -2.12. The molecule has 29 heavy (non-hydrogen) atoms. The summed E-state index contributed by atoms with van der Waals surface area (Å²) in [6.45, 7) is 0. The Hall–Kier alpha value is -3.17. The van der Waals surface area contributed by atoms with Gasteiger partial charge in [0, 0.05) is 25.2 Å². The molecular formula is C19H16ClN7OS. The molecule has 3 aromatic rings. The van der Waals surface area contributed by atoms with Crippen LogP contribution in [-0.4, -0.2) is 34.5 Å². The van der Waals surface area contributed by atoms with Crippen LogP contribution in [0.2, 0.25) is 5.02 Å². The Kier molecular flexibility index (Phi) is 5.59. The highest BCUT2D eigenvalue weighted by molar-refractivity contribution is 7.19. The molecule has 0 saturated heterocycles. The van der Waals surface area contributed by atoms with E-state index in [2.05, 4.69) is 30.5 Å². The van der Waals surface area contributed by atoms with Crippen LogP contribution in [0.15, 0.2) is 74.1 Å². The predicted octanol–water partition coefficient (Wildman–Crippen LogP) is 6.32. The van der Waals surface area contributed by atoms with Gasteiger partial charge in [0.1, 0.15) is 11.4 Å². The first-order valence-corrected chi connectivity index (χ1v) is 9.92. The smallest absolute Gasteiger partial charge is 0.232 e. The van der Waals surface area contributed by atoms with Crippen molar-refractivity contribution in [2.45, 2.75) is 12.6 Å². The average Bonchev–Trinajstić information content (AvgIpc) is 3.33. The Morgan fingerprint density at radius 1 is 1.14 bits per heavy atom. The van der Waals surface area contributed by atoms with Crippen molar-refractivity contribution < 1.29 is 5.11 Å². The molecule has 1 aromatic heterocycles. The van der Waals surface area contributed by atoms with E-state index in [1.807, 2.05) is 43.6 Å². The van der Waals surface area contributed by atoms with Gasteiger partial charge in [0.05, 0.1) is 10.7 Å². The van der Waals surface area contributed by atoms with Crippen molar-refractivity contribution in [1.29, 1.82) is 0 Å². The molecule has 0 fully saturated rings. The van der Waals surface area contributed by atoms with Gasteiger partial charge < -0.3 is 5.11 Å². The molecule has 0 bridgehead atoms. The SMILES string of the molecule is CN1N=CCC1/N=N/c1sc(/N=N/c2ccc(O)c(Cl)c2)nc1-c1ccccc1. The maximum Gasteiger partial charge on any atom is 0.232 e. The molecule has 1 unspecified atom stereocenters. The molecule has 0 spiro atoms. The fourth-order valence-corrected chi connectivity index (χ4v) is 3.51. The molecule has 8 nitrogen and oxygen atoms in total. The van der Waals surface area contributed by atoms with Crippen molar-refractivity contribution in [2.75, 3.05) is 7.05 Å². The molecule has 4 rings (SSSR count). The van der Waals surface area contributed by atoms with Gasteiger partial charge in [0.2, 0.25) is 5.13 Å². The lowest BCUT2D eigenvalue weighted by molar-refractivity contribution is 0.285. The Labute approximate surface area is 175 Å². The third-order valence-corrected chi connectivity index (χ3v) is 5.25. The molecule has 0 aliphatic carbocycles. The normalized spacial score (nSPS) is 16.5. The fourth-order valence-electron chi connectivity index (χ4n) is 2.59. The maximum atomic E-state index is 9.51. The van der Waals surface area contributed by atoms with Crippen LogP contribution in [0.25, 0.3) is 11.3 Å². The third-order valence-electron chi connectivity index (χ3n) is 4.12. The summed E-state index contributed by atoms with van der Waals surface area (Å²) in [6, 6.07) is 14.3. The van der Waals surface area contributed by atoms with E-state index in [9.17, 15) is 5.11 Å². The largest absolute Gasteiger partial charge is 0.506 e. The highest BCUT2D eigenvalue weighted by Gasteiger charge is 2.18. The second-order valence-corrected chi connectivity index (χ2v) is 7.52. The molecule has 0 saturated carbocycles. The summed E-state index contributed by atoms with van der Waals surface area (Å²) in [6.07, 6.45) is 2.41. The van der Waals surface area contributed by atoms with Gasteiger partial charge in [-0.05, 0) is 18.2 Å². The predicted molar refractivity (Wildman–Crippen MR) is 114 cm³/mol. The van der Waals surface area contributed by atoms with E-state index >= 15 is 0 Å². The minimum absolute atomic E-state index is 0.00483. The van der Waals surface area contributed by atoms with E-state index in [-0.39, 0.29) is 16.9 Å². The molecular weight excluding hydrogens is 410 g/mol. The molecule has 2 aromatic carbocycles. The van der Waals surface area contributed by atoms with Crippen molar-refractivity contribution >= 4 is 45.0 Å². The molecule has 146 valence electrons. The first-order valence-electron chi connectivity index (χ1n) is 8.73. The van der Waals surface area contributed by atoms with Gasteiger partial charge in [0.25, 0.3) is 0 Å². The minimum Gasteiger partial charge on any atom is -0.506 e. The van der Waals surface area contributed by atoms with Gasteiger partial charge >= 0.3 is 0 Å². The van der Waals surface area contributed by atoms with Crippen LogP contribution in [-0.2, 0) is 0 Å². The van der Waals surface area contributed by atoms with Crippen LogP contribution >= 0.6 is 22.9 Å². The Balaban J connectivity index is 1.64. The second-order valence-electron chi connectivity index (χ2n) is 6.16. The monoisotopic (exact) mass is 425 g/mol. The Morgan fingerprint density at radius 3 is 2.69 bits per heavy atom. The first kappa shape index (κ1) is 19.2. The molecule has 1 atom stereocenters. The van der Waals surface area contributed by atoms with Gasteiger partial charge in [-0.2, -0.15) is 10.2 Å². The Morgan fingerprint density at radius 2 is 1.97 bits per heavy atom. The van der Waals surface area contributed by atoms with Crippen molar-refractivity contribution in [2.24, 2.45) is 25.6 Å². The number of phenolic OH excluding ortho intramolecular Hbond substituents is 1. The summed E-state index contributed by atoms with van der Waals surface area (Å²) >= 11 is 7.21. The average molecular weight is 426 g/mol. The molecule has 0 amide bonds. The highest BCUT2D eigenvalue weighted by atomic mass is 35.5. The number of nitrogens with zero attached hydrogens (tertiary/aromatic N) is 7. The van der Waals surface area contributed by atoms with Crippen LogP contribution in [0.5, 0.6) is 5.75 Å². The lowest BCUT2D eigenvalue weighted by atomic mass is 10.2. The van der Waals surface area contributed by atoms with Crippen LogP contribution in [0.3, 0.4) is 0 Å². The maximum absolute atomic E-state index is 9.51. The van der Waals surface area contributed by atoms with Gasteiger partial charge in [0.15, 0.2) is 11.2 Å². The topological polar surface area (TPSA) is 98.2 Å². The zero-order valence-corrected chi connectivity index (χ0v) is 16.9.